The fraction of sp³-hybridized carbons (Fsp3) is 0.357. The fourth-order valence-corrected chi connectivity index (χ4v) is 2.10. The summed E-state index contributed by atoms with van der Waals surface area (Å²) in [6.45, 7) is 2.93. The van der Waals surface area contributed by atoms with E-state index in [0.29, 0.717) is 29.0 Å². The third-order valence-corrected chi connectivity index (χ3v) is 2.99. The monoisotopic (exact) mass is 277 g/mol. The molecule has 6 nitrogen and oxygen atoms in total. The summed E-state index contributed by atoms with van der Waals surface area (Å²) >= 11 is 0. The molecule has 1 heterocycles. The van der Waals surface area contributed by atoms with Crippen LogP contribution in [-0.2, 0) is 9.59 Å². The van der Waals surface area contributed by atoms with Crippen LogP contribution in [-0.4, -0.2) is 37.7 Å². The van der Waals surface area contributed by atoms with Crippen LogP contribution in [0.3, 0.4) is 0 Å². The Bertz CT molecular complexity index is 581. The van der Waals surface area contributed by atoms with Gasteiger partial charge in [-0.05, 0) is 26.0 Å². The maximum atomic E-state index is 12.1. The average Bonchev–Trinajstić information content (AvgIpc) is 2.42. The third-order valence-electron chi connectivity index (χ3n) is 2.99. The van der Waals surface area contributed by atoms with Gasteiger partial charge < -0.3 is 9.47 Å². The van der Waals surface area contributed by atoms with Crippen LogP contribution in [0.4, 0.5) is 5.69 Å². The summed E-state index contributed by atoms with van der Waals surface area (Å²) in [5, 5.41) is 0. The van der Waals surface area contributed by atoms with Crippen LogP contribution < -0.4 is 14.4 Å². The van der Waals surface area contributed by atoms with Crippen LogP contribution in [0, 0.1) is 0 Å². The molecule has 106 valence electrons. The molecule has 6 heteroatoms. The zero-order chi connectivity index (χ0) is 14.9. The van der Waals surface area contributed by atoms with Crippen molar-refractivity contribution in [2.45, 2.75) is 20.0 Å². The topological polar surface area (TPSA) is 72.9 Å². The number of hydrogen-bond acceptors (Lipinski definition) is 5. The fourth-order valence-electron chi connectivity index (χ4n) is 2.10. The molecule has 0 aromatic heterocycles. The zero-order valence-corrected chi connectivity index (χ0v) is 11.5. The van der Waals surface area contributed by atoms with Crippen molar-refractivity contribution in [3.05, 3.63) is 17.7 Å². The predicted octanol–water partition coefficient (Wildman–Crippen LogP) is 1.21. The number of nitrogens with zero attached hydrogens (tertiary/aromatic N) is 1. The molecule has 0 bridgehead atoms. The lowest BCUT2D eigenvalue weighted by Gasteiger charge is -2.33. The number of carbonyl (C=O) groups excluding carboxylic acids is 3. The maximum Gasteiger partial charge on any atom is 0.268 e. The molecule has 1 aliphatic rings. The van der Waals surface area contributed by atoms with Crippen molar-refractivity contribution in [1.29, 1.82) is 0 Å². The van der Waals surface area contributed by atoms with E-state index in [1.165, 1.54) is 31.1 Å². The number of ether oxygens (including phenoxy) is 2. The summed E-state index contributed by atoms with van der Waals surface area (Å²) < 4.78 is 10.7. The Morgan fingerprint density at radius 2 is 2.20 bits per heavy atom. The van der Waals surface area contributed by atoms with E-state index < -0.39 is 6.10 Å². The number of ketones is 1. The second kappa shape index (κ2) is 5.32. The van der Waals surface area contributed by atoms with Gasteiger partial charge in [0.2, 0.25) is 0 Å². The number of amides is 1. The first-order chi connectivity index (χ1) is 9.47. The van der Waals surface area contributed by atoms with Gasteiger partial charge in [-0.1, -0.05) is 0 Å². The first kappa shape index (κ1) is 14.0. The van der Waals surface area contributed by atoms with Gasteiger partial charge in [0.1, 0.15) is 12.1 Å². The van der Waals surface area contributed by atoms with E-state index in [0.717, 1.165) is 0 Å². The highest BCUT2D eigenvalue weighted by atomic mass is 16.5. The van der Waals surface area contributed by atoms with E-state index in [-0.39, 0.29) is 18.2 Å². The molecule has 0 saturated carbocycles. The Morgan fingerprint density at radius 3 is 2.75 bits per heavy atom. The molecule has 2 rings (SSSR count). The van der Waals surface area contributed by atoms with Crippen LogP contribution in [0.15, 0.2) is 12.1 Å². The summed E-state index contributed by atoms with van der Waals surface area (Å²) in [6, 6.07) is 3.04. The number of hydrogen-bond donors (Lipinski definition) is 0. The minimum Gasteiger partial charge on any atom is -0.493 e. The minimum absolute atomic E-state index is 0.0645. The van der Waals surface area contributed by atoms with Gasteiger partial charge in [-0.2, -0.15) is 0 Å². The molecule has 0 aliphatic carbocycles. The Kier molecular flexibility index (Phi) is 3.74. The van der Waals surface area contributed by atoms with Gasteiger partial charge in [0.05, 0.1) is 19.3 Å². The van der Waals surface area contributed by atoms with E-state index in [4.69, 9.17) is 9.47 Å². The van der Waals surface area contributed by atoms with Crippen molar-refractivity contribution in [1.82, 2.24) is 0 Å². The van der Waals surface area contributed by atoms with Gasteiger partial charge in [0.15, 0.2) is 17.6 Å². The summed E-state index contributed by atoms with van der Waals surface area (Å²) in [4.78, 5) is 35.8. The van der Waals surface area contributed by atoms with E-state index in [1.807, 2.05) is 0 Å². The average molecular weight is 277 g/mol. The predicted molar refractivity (Wildman–Crippen MR) is 71.5 cm³/mol. The van der Waals surface area contributed by atoms with Crippen LogP contribution in [0.5, 0.6) is 11.5 Å². The van der Waals surface area contributed by atoms with Gasteiger partial charge >= 0.3 is 0 Å². The van der Waals surface area contributed by atoms with Crippen molar-refractivity contribution >= 4 is 23.7 Å². The number of anilines is 1. The van der Waals surface area contributed by atoms with Crippen LogP contribution in [0.1, 0.15) is 24.2 Å². The molecule has 0 N–H and O–H groups in total. The van der Waals surface area contributed by atoms with Crippen LogP contribution in [0.25, 0.3) is 0 Å². The lowest BCUT2D eigenvalue weighted by atomic mass is 10.1. The Hall–Kier alpha value is -2.37. The molecule has 0 spiro atoms. The van der Waals surface area contributed by atoms with Crippen molar-refractivity contribution in [2.24, 2.45) is 0 Å². The lowest BCUT2D eigenvalue weighted by Crippen LogP contribution is -2.46. The summed E-state index contributed by atoms with van der Waals surface area (Å²) in [5.41, 5.74) is 0.727. The van der Waals surface area contributed by atoms with E-state index in [1.54, 1.807) is 6.92 Å². The smallest absolute Gasteiger partial charge is 0.268 e. The minimum atomic E-state index is -0.710. The van der Waals surface area contributed by atoms with Crippen molar-refractivity contribution in [3.63, 3.8) is 0 Å². The molecule has 1 aromatic rings. The quantitative estimate of drug-likeness (QED) is 0.773. The molecule has 1 amide bonds. The molecule has 0 saturated heterocycles. The van der Waals surface area contributed by atoms with Gasteiger partial charge in [-0.15, -0.1) is 0 Å². The summed E-state index contributed by atoms with van der Waals surface area (Å²) in [5.74, 6) is 0.246. The van der Waals surface area contributed by atoms with E-state index >= 15 is 0 Å². The second-order valence-corrected chi connectivity index (χ2v) is 4.58. The van der Waals surface area contributed by atoms with Crippen molar-refractivity contribution in [2.75, 3.05) is 18.6 Å². The van der Waals surface area contributed by atoms with Gasteiger partial charge in [0, 0.05) is 5.56 Å². The molecule has 1 atom stereocenters. The molecule has 1 unspecified atom stereocenters. The number of aldehydes is 1. The SMILES string of the molecule is COc1cc(C=O)cc2c1OC(C)C(=O)N2CC(C)=O. The zero-order valence-electron chi connectivity index (χ0n) is 11.5. The highest BCUT2D eigenvalue weighted by Gasteiger charge is 2.34. The first-order valence-corrected chi connectivity index (χ1v) is 6.12. The van der Waals surface area contributed by atoms with Crippen molar-refractivity contribution < 1.29 is 23.9 Å². The van der Waals surface area contributed by atoms with Crippen molar-refractivity contribution in [3.8, 4) is 11.5 Å². The lowest BCUT2D eigenvalue weighted by molar-refractivity contribution is -0.127. The molecule has 0 radical (unpaired) electrons. The molecule has 0 fully saturated rings. The number of Topliss-reactive ketones (excluding diaryl/α,β-unsaturated/α-hetero) is 1. The molecular weight excluding hydrogens is 262 g/mol. The van der Waals surface area contributed by atoms with Gasteiger partial charge in [-0.25, -0.2) is 0 Å². The van der Waals surface area contributed by atoms with E-state index in [9.17, 15) is 14.4 Å². The molecular formula is C14H15NO5. The summed E-state index contributed by atoms with van der Waals surface area (Å²) in [7, 11) is 1.45. The maximum absolute atomic E-state index is 12.1. The number of fused-ring (bicyclic) bond motifs is 1. The molecule has 1 aliphatic heterocycles. The standard InChI is InChI=1S/C14H15NO5/c1-8(17)6-15-11-4-10(7-16)5-12(19-3)13(11)20-9(2)14(15)18/h4-5,7,9H,6H2,1-3H3. The number of rotatable bonds is 4. The Morgan fingerprint density at radius 1 is 1.50 bits per heavy atom. The largest absolute Gasteiger partial charge is 0.493 e. The van der Waals surface area contributed by atoms with E-state index in [2.05, 4.69) is 0 Å². The normalized spacial score (nSPS) is 17.2. The number of methoxy groups -OCH3 is 1. The number of benzene rings is 1. The second-order valence-electron chi connectivity index (χ2n) is 4.58. The van der Waals surface area contributed by atoms with Crippen LogP contribution >= 0.6 is 0 Å². The number of carbonyl (C=O) groups is 3. The summed E-state index contributed by atoms with van der Waals surface area (Å²) in [6.07, 6.45) is -0.0603. The van der Waals surface area contributed by atoms with Gasteiger partial charge in [-0.3, -0.25) is 19.3 Å². The highest BCUT2D eigenvalue weighted by molar-refractivity contribution is 6.04. The third kappa shape index (κ3) is 2.36. The van der Waals surface area contributed by atoms with Crippen LogP contribution in [0.2, 0.25) is 0 Å². The Balaban J connectivity index is 2.60. The Labute approximate surface area is 116 Å². The first-order valence-electron chi connectivity index (χ1n) is 6.12. The van der Waals surface area contributed by atoms with Gasteiger partial charge in [0.25, 0.3) is 5.91 Å². The molecule has 20 heavy (non-hydrogen) atoms. The molecule has 1 aromatic carbocycles. The highest BCUT2D eigenvalue weighted by Crippen LogP contribution is 2.42.